The molecule has 1 aromatic heterocycles. The Morgan fingerprint density at radius 3 is 2.59 bits per heavy atom. The van der Waals surface area contributed by atoms with E-state index in [4.69, 9.17) is 0 Å². The zero-order valence-corrected chi connectivity index (χ0v) is 15.7. The first-order valence-corrected chi connectivity index (χ1v) is 9.82. The highest BCUT2D eigenvalue weighted by atomic mass is 16.2. The Hall–Kier alpha value is -2.38. The number of nitrogens with zero attached hydrogens (tertiary/aromatic N) is 3. The topological polar surface area (TPSA) is 95.5 Å². The Balaban J connectivity index is 1.54. The van der Waals surface area contributed by atoms with E-state index >= 15 is 0 Å². The van der Waals surface area contributed by atoms with Crippen molar-refractivity contribution in [2.75, 3.05) is 19.6 Å². The molecule has 8 heteroatoms. The van der Waals surface area contributed by atoms with E-state index in [1.54, 1.807) is 4.90 Å². The zero-order chi connectivity index (χ0) is 19.2. The molecule has 1 spiro atoms. The molecule has 1 aromatic rings. The first-order valence-electron chi connectivity index (χ1n) is 9.82. The van der Waals surface area contributed by atoms with Gasteiger partial charge in [0, 0.05) is 38.9 Å². The second-order valence-electron chi connectivity index (χ2n) is 8.21. The molecule has 1 saturated carbocycles. The van der Waals surface area contributed by atoms with Crippen LogP contribution in [0.15, 0.2) is 15.8 Å². The lowest BCUT2D eigenvalue weighted by Gasteiger charge is -2.42. The van der Waals surface area contributed by atoms with E-state index < -0.39 is 22.6 Å². The lowest BCUT2D eigenvalue weighted by Crippen LogP contribution is -2.53. The summed E-state index contributed by atoms with van der Waals surface area (Å²) in [6.45, 7) is 1.64. The summed E-state index contributed by atoms with van der Waals surface area (Å²) in [6.07, 6.45) is 8.21. The van der Waals surface area contributed by atoms with Gasteiger partial charge in [0.2, 0.25) is 5.91 Å². The smallest absolute Gasteiger partial charge is 0.328 e. The monoisotopic (exact) mass is 374 g/mol. The summed E-state index contributed by atoms with van der Waals surface area (Å²) in [5.41, 5.74) is -1.79. The van der Waals surface area contributed by atoms with Crippen molar-refractivity contribution >= 4 is 11.8 Å². The fourth-order valence-electron chi connectivity index (χ4n) is 4.98. The minimum Gasteiger partial charge on any atom is -0.339 e. The largest absolute Gasteiger partial charge is 0.339 e. The fourth-order valence-corrected chi connectivity index (χ4v) is 4.98. The number of amides is 2. The van der Waals surface area contributed by atoms with E-state index in [9.17, 15) is 19.2 Å². The third-order valence-corrected chi connectivity index (χ3v) is 6.51. The SMILES string of the molecule is Cn1cc(C(=O)N2CC[C@]3(CCCN(C4CCCC4)C3=O)C2)c(=O)[nH]c1=O. The lowest BCUT2D eigenvalue weighted by atomic mass is 9.77. The quantitative estimate of drug-likeness (QED) is 0.814. The average Bonchev–Trinajstić information content (AvgIpc) is 3.31. The van der Waals surface area contributed by atoms with Gasteiger partial charge in [0.05, 0.1) is 5.41 Å². The Kier molecular flexibility index (Phi) is 4.44. The molecule has 8 nitrogen and oxygen atoms in total. The van der Waals surface area contributed by atoms with Crippen molar-refractivity contribution in [3.63, 3.8) is 0 Å². The molecule has 1 aliphatic carbocycles. The van der Waals surface area contributed by atoms with Crippen molar-refractivity contribution in [3.05, 3.63) is 32.6 Å². The molecule has 3 aliphatic rings. The number of likely N-dealkylation sites (tertiary alicyclic amines) is 2. The van der Waals surface area contributed by atoms with E-state index in [2.05, 4.69) is 9.88 Å². The van der Waals surface area contributed by atoms with E-state index in [0.717, 1.165) is 32.2 Å². The Morgan fingerprint density at radius 1 is 1.11 bits per heavy atom. The second-order valence-corrected chi connectivity index (χ2v) is 8.21. The number of aromatic nitrogens is 2. The number of aryl methyl sites for hydroxylation is 1. The number of aromatic amines is 1. The molecule has 1 N–H and O–H groups in total. The van der Waals surface area contributed by atoms with Crippen LogP contribution in [-0.4, -0.2) is 56.8 Å². The molecule has 0 bridgehead atoms. The number of nitrogens with one attached hydrogen (secondary N) is 1. The zero-order valence-electron chi connectivity index (χ0n) is 15.7. The van der Waals surface area contributed by atoms with E-state index in [1.807, 2.05) is 0 Å². The van der Waals surface area contributed by atoms with Gasteiger partial charge in [-0.2, -0.15) is 0 Å². The highest BCUT2D eigenvalue weighted by Crippen LogP contribution is 2.42. The Labute approximate surface area is 157 Å². The predicted octanol–water partition coefficient (Wildman–Crippen LogP) is 0.471. The van der Waals surface area contributed by atoms with Gasteiger partial charge in [0.1, 0.15) is 5.56 Å². The van der Waals surface area contributed by atoms with Crippen LogP contribution < -0.4 is 11.2 Å². The van der Waals surface area contributed by atoms with Crippen molar-refractivity contribution in [3.8, 4) is 0 Å². The predicted molar refractivity (Wildman–Crippen MR) is 98.5 cm³/mol. The van der Waals surface area contributed by atoms with E-state index in [1.165, 1.54) is 30.7 Å². The van der Waals surface area contributed by atoms with Gasteiger partial charge in [-0.15, -0.1) is 0 Å². The van der Waals surface area contributed by atoms with Crippen LogP contribution in [0.4, 0.5) is 0 Å². The number of hydrogen-bond acceptors (Lipinski definition) is 4. The van der Waals surface area contributed by atoms with Crippen LogP contribution in [0.3, 0.4) is 0 Å². The number of piperidine rings is 1. The van der Waals surface area contributed by atoms with Gasteiger partial charge in [-0.1, -0.05) is 12.8 Å². The maximum Gasteiger partial charge on any atom is 0.328 e. The van der Waals surface area contributed by atoms with Crippen molar-refractivity contribution < 1.29 is 9.59 Å². The molecule has 0 radical (unpaired) electrons. The summed E-state index contributed by atoms with van der Waals surface area (Å²) >= 11 is 0. The molecule has 2 saturated heterocycles. The fraction of sp³-hybridized carbons (Fsp3) is 0.684. The minimum absolute atomic E-state index is 0.0509. The average molecular weight is 374 g/mol. The van der Waals surface area contributed by atoms with Crippen LogP contribution in [0.1, 0.15) is 55.3 Å². The normalized spacial score (nSPS) is 26.3. The molecule has 3 fully saturated rings. The minimum atomic E-state index is -0.674. The second kappa shape index (κ2) is 6.65. The molecule has 2 aliphatic heterocycles. The number of rotatable bonds is 2. The number of carbonyl (C=O) groups excluding carboxylic acids is 2. The van der Waals surface area contributed by atoms with Crippen LogP contribution in [0.5, 0.6) is 0 Å². The molecule has 1 atom stereocenters. The van der Waals surface area contributed by atoms with Crippen molar-refractivity contribution in [2.45, 2.75) is 51.0 Å². The molecule has 3 heterocycles. The lowest BCUT2D eigenvalue weighted by molar-refractivity contribution is -0.148. The van der Waals surface area contributed by atoms with Gasteiger partial charge in [-0.05, 0) is 32.1 Å². The van der Waals surface area contributed by atoms with E-state index in [0.29, 0.717) is 25.6 Å². The van der Waals surface area contributed by atoms with Gasteiger partial charge in [0.25, 0.3) is 11.5 Å². The summed E-state index contributed by atoms with van der Waals surface area (Å²) in [4.78, 5) is 55.5. The number of H-pyrrole nitrogens is 1. The Bertz CT molecular complexity index is 882. The Morgan fingerprint density at radius 2 is 1.85 bits per heavy atom. The van der Waals surface area contributed by atoms with Gasteiger partial charge in [-0.25, -0.2) is 4.79 Å². The van der Waals surface area contributed by atoms with Crippen molar-refractivity contribution in [1.29, 1.82) is 0 Å². The first kappa shape index (κ1) is 18.0. The van der Waals surface area contributed by atoms with Crippen LogP contribution in [0.2, 0.25) is 0 Å². The molecular weight excluding hydrogens is 348 g/mol. The number of carbonyl (C=O) groups is 2. The molecule has 27 heavy (non-hydrogen) atoms. The third kappa shape index (κ3) is 3.00. The molecular formula is C19H26N4O4. The molecule has 4 rings (SSSR count). The molecule has 2 amide bonds. The summed E-state index contributed by atoms with van der Waals surface area (Å²) in [5, 5.41) is 0. The van der Waals surface area contributed by atoms with Crippen LogP contribution in [0.25, 0.3) is 0 Å². The maximum absolute atomic E-state index is 13.3. The maximum atomic E-state index is 13.3. The van der Waals surface area contributed by atoms with Crippen LogP contribution in [0, 0.1) is 5.41 Å². The van der Waals surface area contributed by atoms with E-state index in [-0.39, 0.29) is 11.5 Å². The summed E-state index contributed by atoms with van der Waals surface area (Å²) < 4.78 is 1.19. The third-order valence-electron chi connectivity index (χ3n) is 6.51. The van der Waals surface area contributed by atoms with Crippen LogP contribution >= 0.6 is 0 Å². The van der Waals surface area contributed by atoms with Gasteiger partial charge < -0.3 is 14.4 Å². The highest BCUT2D eigenvalue weighted by molar-refractivity contribution is 5.95. The van der Waals surface area contributed by atoms with Crippen molar-refractivity contribution in [2.24, 2.45) is 12.5 Å². The standard InChI is InChI=1S/C19H26N4O4/c1-21-11-14(15(24)20-18(21)27)16(25)22-10-8-19(12-22)7-4-9-23(17(19)26)13-5-2-3-6-13/h11,13H,2-10,12H2,1H3,(H,20,24,27)/t19-/m1/s1. The highest BCUT2D eigenvalue weighted by Gasteiger charge is 2.50. The van der Waals surface area contributed by atoms with Crippen LogP contribution in [-0.2, 0) is 11.8 Å². The molecule has 0 aromatic carbocycles. The van der Waals surface area contributed by atoms with Gasteiger partial charge in [-0.3, -0.25) is 19.4 Å². The molecule has 0 unspecified atom stereocenters. The number of hydrogen-bond donors (Lipinski definition) is 1. The van der Waals surface area contributed by atoms with Gasteiger partial charge >= 0.3 is 5.69 Å². The molecule has 146 valence electrons. The van der Waals surface area contributed by atoms with Gasteiger partial charge in [0.15, 0.2) is 0 Å². The summed E-state index contributed by atoms with van der Waals surface area (Å²) in [6, 6.07) is 0.353. The first-order chi connectivity index (χ1) is 12.9. The summed E-state index contributed by atoms with van der Waals surface area (Å²) in [7, 11) is 1.49. The van der Waals surface area contributed by atoms with Crippen molar-refractivity contribution in [1.82, 2.24) is 19.4 Å². The summed E-state index contributed by atoms with van der Waals surface area (Å²) in [5.74, 6) is -0.222.